The Hall–Kier alpha value is -0.590. The van der Waals surface area contributed by atoms with E-state index in [0.29, 0.717) is 20.9 Å². The molecular weight excluding hydrogens is 419 g/mol. The molecule has 0 saturated heterocycles. The first-order valence-corrected chi connectivity index (χ1v) is 8.81. The Kier molecular flexibility index (Phi) is 4.57. The average molecular weight is 432 g/mol. The number of rotatable bonds is 2. The lowest BCUT2D eigenvalue weighted by atomic mass is 10.0. The van der Waals surface area contributed by atoms with Gasteiger partial charge in [-0.1, -0.05) is 25.1 Å². The normalized spacial score (nSPS) is 15.6. The smallest absolute Gasteiger partial charge is 0.144 e. The number of aromatic amines is 1. The molecule has 6 heteroatoms. The Morgan fingerprint density at radius 2 is 1.95 bits per heavy atom. The van der Waals surface area contributed by atoms with Crippen molar-refractivity contribution in [3.05, 3.63) is 43.3 Å². The lowest BCUT2D eigenvalue weighted by molar-refractivity contribution is 0.627. The Morgan fingerprint density at radius 1 is 1.24 bits per heavy atom. The van der Waals surface area contributed by atoms with Gasteiger partial charge in [0.05, 0.1) is 4.47 Å². The number of benzene rings is 1. The van der Waals surface area contributed by atoms with Crippen molar-refractivity contribution in [2.45, 2.75) is 31.6 Å². The van der Waals surface area contributed by atoms with Crippen LogP contribution in [0, 0.1) is 10.5 Å². The Morgan fingerprint density at radius 3 is 2.62 bits per heavy atom. The molecule has 1 aromatic heterocycles. The van der Waals surface area contributed by atoms with E-state index in [1.807, 2.05) is 0 Å². The number of H-pyrrole nitrogens is 1. The molecule has 3 rings (SSSR count). The van der Waals surface area contributed by atoms with Crippen molar-refractivity contribution in [1.82, 2.24) is 9.97 Å². The van der Waals surface area contributed by atoms with Crippen LogP contribution in [-0.4, -0.2) is 9.97 Å². The number of nitrogens with one attached hydrogen (secondary N) is 1. The molecule has 0 bridgehead atoms. The van der Waals surface area contributed by atoms with Crippen LogP contribution in [0.2, 0.25) is 0 Å². The summed E-state index contributed by atoms with van der Waals surface area (Å²) >= 11 is 12.3. The second-order valence-electron chi connectivity index (χ2n) is 5.22. The van der Waals surface area contributed by atoms with Gasteiger partial charge in [0.2, 0.25) is 0 Å². The highest BCUT2D eigenvalue weighted by atomic mass is 79.9. The second kappa shape index (κ2) is 6.26. The molecule has 0 spiro atoms. The van der Waals surface area contributed by atoms with Crippen molar-refractivity contribution in [2.24, 2.45) is 0 Å². The maximum Gasteiger partial charge on any atom is 0.144 e. The van der Waals surface area contributed by atoms with Crippen LogP contribution in [0.4, 0.5) is 4.39 Å². The number of nitrogens with zero attached hydrogens (tertiary/aromatic N) is 1. The van der Waals surface area contributed by atoms with Crippen LogP contribution < -0.4 is 0 Å². The summed E-state index contributed by atoms with van der Waals surface area (Å²) in [6.07, 6.45) is 4.82. The molecule has 1 aromatic carbocycles. The maximum atomic E-state index is 13.2. The van der Waals surface area contributed by atoms with Gasteiger partial charge < -0.3 is 4.98 Å². The van der Waals surface area contributed by atoms with Crippen molar-refractivity contribution in [3.8, 4) is 11.4 Å². The minimum Gasteiger partial charge on any atom is -0.342 e. The van der Waals surface area contributed by atoms with Crippen molar-refractivity contribution in [1.29, 1.82) is 0 Å². The Labute approximate surface area is 144 Å². The molecule has 1 N–H and O–H groups in total. The van der Waals surface area contributed by atoms with E-state index in [9.17, 15) is 4.39 Å². The molecule has 2 nitrogen and oxygen atoms in total. The zero-order valence-electron chi connectivity index (χ0n) is 11.1. The van der Waals surface area contributed by atoms with Gasteiger partial charge in [-0.25, -0.2) is 9.37 Å². The third-order valence-electron chi connectivity index (χ3n) is 3.84. The van der Waals surface area contributed by atoms with Gasteiger partial charge >= 0.3 is 0 Å². The fraction of sp³-hybridized carbons (Fsp3) is 0.333. The van der Waals surface area contributed by atoms with E-state index in [2.05, 4.69) is 41.8 Å². The van der Waals surface area contributed by atoms with Crippen LogP contribution in [0.25, 0.3) is 11.4 Å². The molecule has 0 atom stereocenters. The van der Waals surface area contributed by atoms with Gasteiger partial charge in [0.25, 0.3) is 0 Å². The van der Waals surface area contributed by atoms with E-state index < -0.39 is 0 Å². The summed E-state index contributed by atoms with van der Waals surface area (Å²) in [6.45, 7) is 0. The van der Waals surface area contributed by atoms with E-state index in [-0.39, 0.29) is 5.82 Å². The van der Waals surface area contributed by atoms with E-state index in [0.717, 1.165) is 28.6 Å². The third-order valence-corrected chi connectivity index (χ3v) is 5.86. The van der Waals surface area contributed by atoms with Crippen LogP contribution in [-0.2, 0) is 0 Å². The van der Waals surface area contributed by atoms with Gasteiger partial charge in [-0.05, 0) is 62.9 Å². The number of hydrogen-bond donors (Lipinski definition) is 1. The van der Waals surface area contributed by atoms with E-state index >= 15 is 0 Å². The quantitative estimate of drug-likeness (QED) is 0.579. The highest BCUT2D eigenvalue weighted by Crippen LogP contribution is 2.38. The molecule has 21 heavy (non-hydrogen) atoms. The minimum atomic E-state index is -0.280. The Bertz CT molecular complexity index is 739. The highest BCUT2D eigenvalue weighted by molar-refractivity contribution is 9.11. The first-order chi connectivity index (χ1) is 10.1. The van der Waals surface area contributed by atoms with Crippen LogP contribution >= 0.6 is 44.1 Å². The van der Waals surface area contributed by atoms with Gasteiger partial charge in [0.15, 0.2) is 0 Å². The van der Waals surface area contributed by atoms with Crippen molar-refractivity contribution in [2.75, 3.05) is 0 Å². The van der Waals surface area contributed by atoms with Crippen LogP contribution in [0.5, 0.6) is 0 Å². The molecule has 0 aliphatic heterocycles. The van der Waals surface area contributed by atoms with Gasteiger partial charge in [0, 0.05) is 21.6 Å². The summed E-state index contributed by atoms with van der Waals surface area (Å²) in [5.74, 6) is 0.886. The topological polar surface area (TPSA) is 28.7 Å². The van der Waals surface area contributed by atoms with E-state index in [1.54, 1.807) is 6.07 Å². The van der Waals surface area contributed by atoms with Crippen LogP contribution in [0.3, 0.4) is 0 Å². The fourth-order valence-corrected chi connectivity index (χ4v) is 4.03. The molecule has 1 saturated carbocycles. The predicted octanol–water partition coefficient (Wildman–Crippen LogP) is 6.13. The molecule has 1 aliphatic rings. The molecule has 1 heterocycles. The van der Waals surface area contributed by atoms with E-state index in [4.69, 9.17) is 12.2 Å². The molecule has 0 unspecified atom stereocenters. The van der Waals surface area contributed by atoms with Crippen molar-refractivity contribution < 1.29 is 4.39 Å². The van der Waals surface area contributed by atoms with Crippen molar-refractivity contribution >= 4 is 44.1 Å². The Balaban J connectivity index is 2.13. The SMILES string of the molecule is Fc1ccc(-c2nc(=S)c(Br)c(C3CCCC3)[nH]2)c(Br)c1. The van der Waals surface area contributed by atoms with E-state index in [1.165, 1.54) is 25.0 Å². The standard InChI is InChI=1S/C15H13Br2FN2S/c16-11-7-9(18)5-6-10(11)14-19-13(8-3-1-2-4-8)12(17)15(21)20-14/h5-8H,1-4H2,(H,19,20,21). The molecule has 1 aliphatic carbocycles. The molecule has 110 valence electrons. The largest absolute Gasteiger partial charge is 0.342 e. The molecule has 2 aromatic rings. The molecule has 0 radical (unpaired) electrons. The third kappa shape index (κ3) is 3.12. The molecular formula is C15H13Br2FN2S. The first-order valence-electron chi connectivity index (χ1n) is 6.81. The van der Waals surface area contributed by atoms with Gasteiger partial charge in [-0.3, -0.25) is 0 Å². The lowest BCUT2D eigenvalue weighted by Gasteiger charge is -2.14. The van der Waals surface area contributed by atoms with Crippen LogP contribution in [0.15, 0.2) is 27.1 Å². The summed E-state index contributed by atoms with van der Waals surface area (Å²) < 4.78 is 15.3. The van der Waals surface area contributed by atoms with Crippen molar-refractivity contribution in [3.63, 3.8) is 0 Å². The molecule has 0 amide bonds. The average Bonchev–Trinajstić information content (AvgIpc) is 2.96. The first kappa shape index (κ1) is 15.3. The number of hydrogen-bond acceptors (Lipinski definition) is 2. The van der Waals surface area contributed by atoms with Gasteiger partial charge in [-0.15, -0.1) is 0 Å². The second-order valence-corrected chi connectivity index (χ2v) is 7.26. The van der Waals surface area contributed by atoms with Gasteiger partial charge in [0.1, 0.15) is 16.3 Å². The highest BCUT2D eigenvalue weighted by Gasteiger charge is 2.22. The maximum absolute atomic E-state index is 13.2. The van der Waals surface area contributed by atoms with Crippen LogP contribution in [0.1, 0.15) is 37.3 Å². The zero-order chi connectivity index (χ0) is 15.0. The predicted molar refractivity (Wildman–Crippen MR) is 91.4 cm³/mol. The minimum absolute atomic E-state index is 0.280. The number of halogens is 3. The van der Waals surface area contributed by atoms with Gasteiger partial charge in [-0.2, -0.15) is 0 Å². The fourth-order valence-electron chi connectivity index (χ4n) is 2.78. The summed E-state index contributed by atoms with van der Waals surface area (Å²) in [4.78, 5) is 7.82. The zero-order valence-corrected chi connectivity index (χ0v) is 15.1. The summed E-state index contributed by atoms with van der Waals surface area (Å²) in [5.41, 5.74) is 1.92. The summed E-state index contributed by atoms with van der Waals surface area (Å²) in [5, 5.41) is 0. The lowest BCUT2D eigenvalue weighted by Crippen LogP contribution is -2.03. The molecule has 1 fully saturated rings. The summed E-state index contributed by atoms with van der Waals surface area (Å²) in [7, 11) is 0. The summed E-state index contributed by atoms with van der Waals surface area (Å²) in [6, 6.07) is 4.57. The number of aromatic nitrogens is 2. The monoisotopic (exact) mass is 430 g/mol.